The van der Waals surface area contributed by atoms with Crippen LogP contribution in [0, 0.1) is 0 Å². The van der Waals surface area contributed by atoms with Gasteiger partial charge in [0.2, 0.25) is 5.91 Å². The largest absolute Gasteiger partial charge is 0.343 e. The second-order valence-electron chi connectivity index (χ2n) is 5.10. The van der Waals surface area contributed by atoms with E-state index in [1.807, 2.05) is 18.2 Å². The van der Waals surface area contributed by atoms with Gasteiger partial charge < -0.3 is 10.6 Å². The third-order valence-corrected chi connectivity index (χ3v) is 4.06. The number of benzene rings is 2. The first kappa shape index (κ1) is 16.8. The SMILES string of the molecule is O=C(CNC(=O)c1ccc(-n2cncn2)cc1)Nc1ccccc1Br. The van der Waals surface area contributed by atoms with E-state index in [1.54, 1.807) is 41.3 Å². The fourth-order valence-electron chi connectivity index (χ4n) is 2.13. The average Bonchev–Trinajstić information content (AvgIpc) is 3.16. The Hall–Kier alpha value is -3.00. The van der Waals surface area contributed by atoms with Crippen molar-refractivity contribution in [1.29, 1.82) is 0 Å². The van der Waals surface area contributed by atoms with Crippen LogP contribution in [0.4, 0.5) is 5.69 Å². The summed E-state index contributed by atoms with van der Waals surface area (Å²) in [6, 6.07) is 14.1. The standard InChI is InChI=1S/C17H14BrN5O2/c18-14-3-1-2-4-15(14)22-16(24)9-20-17(25)12-5-7-13(8-6-12)23-11-19-10-21-23/h1-8,10-11H,9H2,(H,20,25)(H,22,24). The number of amides is 2. The van der Waals surface area contributed by atoms with Crippen LogP contribution in [-0.4, -0.2) is 33.1 Å². The van der Waals surface area contributed by atoms with Crippen molar-refractivity contribution < 1.29 is 9.59 Å². The van der Waals surface area contributed by atoms with Gasteiger partial charge in [0.15, 0.2) is 0 Å². The number of aromatic nitrogens is 3. The minimum absolute atomic E-state index is 0.120. The Morgan fingerprint density at radius 1 is 1.08 bits per heavy atom. The van der Waals surface area contributed by atoms with E-state index in [1.165, 1.54) is 6.33 Å². The average molecular weight is 400 g/mol. The number of halogens is 1. The maximum Gasteiger partial charge on any atom is 0.251 e. The Labute approximate surface area is 152 Å². The van der Waals surface area contributed by atoms with Gasteiger partial charge in [-0.2, -0.15) is 5.10 Å². The molecule has 7 nitrogen and oxygen atoms in total. The molecule has 3 aromatic rings. The maximum atomic E-state index is 12.1. The maximum absolute atomic E-state index is 12.1. The summed E-state index contributed by atoms with van der Waals surface area (Å²) >= 11 is 3.35. The zero-order valence-corrected chi connectivity index (χ0v) is 14.6. The summed E-state index contributed by atoms with van der Waals surface area (Å²) in [7, 11) is 0. The minimum Gasteiger partial charge on any atom is -0.343 e. The van der Waals surface area contributed by atoms with E-state index in [0.29, 0.717) is 11.3 Å². The van der Waals surface area contributed by atoms with Gasteiger partial charge in [0.25, 0.3) is 5.91 Å². The predicted molar refractivity (Wildman–Crippen MR) is 96.5 cm³/mol. The van der Waals surface area contributed by atoms with Crippen LogP contribution in [0.25, 0.3) is 5.69 Å². The molecule has 2 amide bonds. The molecule has 8 heteroatoms. The van der Waals surface area contributed by atoms with E-state index in [4.69, 9.17) is 0 Å². The number of rotatable bonds is 5. The molecule has 0 saturated carbocycles. The lowest BCUT2D eigenvalue weighted by Gasteiger charge is -2.09. The van der Waals surface area contributed by atoms with E-state index >= 15 is 0 Å². The van der Waals surface area contributed by atoms with E-state index in [2.05, 4.69) is 36.6 Å². The predicted octanol–water partition coefficient (Wildman–Crippen LogP) is 2.40. The fraction of sp³-hybridized carbons (Fsp3) is 0.0588. The summed E-state index contributed by atoms with van der Waals surface area (Å²) in [4.78, 5) is 27.9. The molecule has 0 radical (unpaired) electrons. The number of para-hydroxylation sites is 1. The monoisotopic (exact) mass is 399 g/mol. The summed E-state index contributed by atoms with van der Waals surface area (Å²) in [6.45, 7) is -0.120. The molecule has 0 aliphatic rings. The van der Waals surface area contributed by atoms with Gasteiger partial charge in [0.05, 0.1) is 17.9 Å². The normalized spacial score (nSPS) is 10.3. The molecule has 25 heavy (non-hydrogen) atoms. The van der Waals surface area contributed by atoms with Crippen molar-refractivity contribution in [2.75, 3.05) is 11.9 Å². The Morgan fingerprint density at radius 3 is 2.52 bits per heavy atom. The van der Waals surface area contributed by atoms with E-state index < -0.39 is 0 Å². The Kier molecular flexibility index (Phi) is 5.20. The molecule has 0 fully saturated rings. The summed E-state index contributed by atoms with van der Waals surface area (Å²) in [5.74, 6) is -0.632. The molecule has 1 aromatic heterocycles. The number of hydrogen-bond acceptors (Lipinski definition) is 4. The van der Waals surface area contributed by atoms with Crippen molar-refractivity contribution in [3.05, 3.63) is 71.2 Å². The summed E-state index contributed by atoms with van der Waals surface area (Å²) in [6.07, 6.45) is 3.01. The zero-order chi connectivity index (χ0) is 17.6. The molecular weight excluding hydrogens is 386 g/mol. The number of carbonyl (C=O) groups excluding carboxylic acids is 2. The van der Waals surface area contributed by atoms with Gasteiger partial charge in [0, 0.05) is 10.0 Å². The van der Waals surface area contributed by atoms with Crippen LogP contribution in [0.15, 0.2) is 65.7 Å². The van der Waals surface area contributed by atoms with Crippen molar-refractivity contribution >= 4 is 33.4 Å². The molecule has 1 heterocycles. The van der Waals surface area contributed by atoms with Crippen LogP contribution < -0.4 is 10.6 Å². The second-order valence-corrected chi connectivity index (χ2v) is 5.95. The Bertz CT molecular complexity index is 878. The zero-order valence-electron chi connectivity index (χ0n) is 13.0. The van der Waals surface area contributed by atoms with Crippen LogP contribution in [-0.2, 0) is 4.79 Å². The quantitative estimate of drug-likeness (QED) is 0.689. The van der Waals surface area contributed by atoms with Gasteiger partial charge in [-0.1, -0.05) is 12.1 Å². The first-order valence-corrected chi connectivity index (χ1v) is 8.20. The molecule has 126 valence electrons. The van der Waals surface area contributed by atoms with Crippen molar-refractivity contribution in [1.82, 2.24) is 20.1 Å². The molecule has 0 saturated heterocycles. The molecule has 2 N–H and O–H groups in total. The van der Waals surface area contributed by atoms with Gasteiger partial charge in [-0.3, -0.25) is 9.59 Å². The topological polar surface area (TPSA) is 88.9 Å². The van der Waals surface area contributed by atoms with Gasteiger partial charge in [-0.15, -0.1) is 0 Å². The van der Waals surface area contributed by atoms with E-state index in [0.717, 1.165) is 10.2 Å². The second kappa shape index (κ2) is 7.71. The van der Waals surface area contributed by atoms with Crippen molar-refractivity contribution in [2.45, 2.75) is 0 Å². The molecule has 0 aliphatic heterocycles. The highest BCUT2D eigenvalue weighted by Gasteiger charge is 2.09. The number of nitrogens with zero attached hydrogens (tertiary/aromatic N) is 3. The van der Waals surface area contributed by atoms with Crippen LogP contribution in [0.1, 0.15) is 10.4 Å². The first-order valence-electron chi connectivity index (χ1n) is 7.41. The smallest absolute Gasteiger partial charge is 0.251 e. The number of nitrogens with one attached hydrogen (secondary N) is 2. The molecule has 3 rings (SSSR count). The highest BCUT2D eigenvalue weighted by atomic mass is 79.9. The van der Waals surface area contributed by atoms with Crippen molar-refractivity contribution in [3.8, 4) is 5.69 Å². The Balaban J connectivity index is 1.55. The lowest BCUT2D eigenvalue weighted by molar-refractivity contribution is -0.115. The molecule has 0 unspecified atom stereocenters. The van der Waals surface area contributed by atoms with Crippen LogP contribution >= 0.6 is 15.9 Å². The summed E-state index contributed by atoms with van der Waals surface area (Å²) < 4.78 is 2.37. The summed E-state index contributed by atoms with van der Waals surface area (Å²) in [5.41, 5.74) is 1.90. The number of hydrogen-bond donors (Lipinski definition) is 2. The van der Waals surface area contributed by atoms with Crippen LogP contribution in [0.2, 0.25) is 0 Å². The molecular formula is C17H14BrN5O2. The third kappa shape index (κ3) is 4.30. The van der Waals surface area contributed by atoms with Gasteiger partial charge in [-0.25, -0.2) is 9.67 Å². The highest BCUT2D eigenvalue weighted by molar-refractivity contribution is 9.10. The van der Waals surface area contributed by atoms with Gasteiger partial charge >= 0.3 is 0 Å². The van der Waals surface area contributed by atoms with Crippen LogP contribution in [0.3, 0.4) is 0 Å². The molecule has 0 spiro atoms. The molecule has 0 bridgehead atoms. The Morgan fingerprint density at radius 2 is 1.84 bits per heavy atom. The summed E-state index contributed by atoms with van der Waals surface area (Å²) in [5, 5.41) is 9.33. The number of anilines is 1. The lowest BCUT2D eigenvalue weighted by atomic mass is 10.2. The molecule has 0 aliphatic carbocycles. The number of carbonyl (C=O) groups is 2. The van der Waals surface area contributed by atoms with Crippen LogP contribution in [0.5, 0.6) is 0 Å². The third-order valence-electron chi connectivity index (χ3n) is 3.37. The van der Waals surface area contributed by atoms with E-state index in [9.17, 15) is 9.59 Å². The highest BCUT2D eigenvalue weighted by Crippen LogP contribution is 2.20. The molecule has 2 aromatic carbocycles. The fourth-order valence-corrected chi connectivity index (χ4v) is 2.51. The van der Waals surface area contributed by atoms with Gasteiger partial charge in [0.1, 0.15) is 12.7 Å². The van der Waals surface area contributed by atoms with Crippen molar-refractivity contribution in [2.24, 2.45) is 0 Å². The van der Waals surface area contributed by atoms with E-state index in [-0.39, 0.29) is 18.4 Å². The first-order chi connectivity index (χ1) is 12.1. The minimum atomic E-state index is -0.326. The molecule has 0 atom stereocenters. The van der Waals surface area contributed by atoms with Crippen molar-refractivity contribution in [3.63, 3.8) is 0 Å². The van der Waals surface area contributed by atoms with Gasteiger partial charge in [-0.05, 0) is 52.3 Å². The lowest BCUT2D eigenvalue weighted by Crippen LogP contribution is -2.32.